The molecule has 0 atom stereocenters. The Kier molecular flexibility index (Phi) is 2.41. The predicted octanol–water partition coefficient (Wildman–Crippen LogP) is 3.26. The highest BCUT2D eigenvalue weighted by molar-refractivity contribution is 5.92. The number of anilines is 1. The molecule has 0 unspecified atom stereocenters. The molecule has 2 heterocycles. The van der Waals surface area contributed by atoms with Crippen LogP contribution in [0.1, 0.15) is 5.56 Å². The molecule has 1 aliphatic heterocycles. The summed E-state index contributed by atoms with van der Waals surface area (Å²) < 4.78 is 0. The van der Waals surface area contributed by atoms with Crippen molar-refractivity contribution in [3.05, 3.63) is 48.0 Å². The first-order valence-corrected chi connectivity index (χ1v) is 6.64. The van der Waals surface area contributed by atoms with E-state index in [-0.39, 0.29) is 11.8 Å². The lowest BCUT2D eigenvalue weighted by molar-refractivity contribution is 0.425. The van der Waals surface area contributed by atoms with Gasteiger partial charge in [0.25, 0.3) is 0 Å². The maximum Gasteiger partial charge on any atom is 0.215 e. The van der Waals surface area contributed by atoms with Crippen LogP contribution < -0.4 is 4.90 Å². The zero-order chi connectivity index (χ0) is 14.4. The molecule has 0 radical (unpaired) electrons. The summed E-state index contributed by atoms with van der Waals surface area (Å²) in [6, 6.07) is 13.8. The number of benzene rings is 2. The summed E-state index contributed by atoms with van der Waals surface area (Å²) in [5.41, 5.74) is 2.52. The second kappa shape index (κ2) is 4.28. The van der Waals surface area contributed by atoms with Crippen LogP contribution in [0.5, 0.6) is 11.8 Å². The highest BCUT2D eigenvalue weighted by Crippen LogP contribution is 2.35. The molecule has 0 aliphatic carbocycles. The number of H-pyrrole nitrogens is 1. The van der Waals surface area contributed by atoms with Crippen LogP contribution in [0.3, 0.4) is 0 Å². The third kappa shape index (κ3) is 1.90. The Balaban J connectivity index is 1.78. The van der Waals surface area contributed by atoms with E-state index in [4.69, 9.17) is 0 Å². The fourth-order valence-electron chi connectivity index (χ4n) is 2.66. The second-order valence-electron chi connectivity index (χ2n) is 5.09. The van der Waals surface area contributed by atoms with Gasteiger partial charge in [0.05, 0.1) is 18.6 Å². The maximum absolute atomic E-state index is 9.78. The van der Waals surface area contributed by atoms with Crippen LogP contribution in [0.4, 0.5) is 11.4 Å². The number of aromatic amines is 1. The van der Waals surface area contributed by atoms with Crippen LogP contribution >= 0.6 is 0 Å². The summed E-state index contributed by atoms with van der Waals surface area (Å²) in [6.45, 7) is 0.592. The number of nitrogens with zero attached hydrogens (tertiary/aromatic N) is 2. The van der Waals surface area contributed by atoms with Crippen molar-refractivity contribution in [1.82, 2.24) is 4.98 Å². The summed E-state index contributed by atoms with van der Waals surface area (Å²) >= 11 is 0. The lowest BCUT2D eigenvalue weighted by Crippen LogP contribution is -2.22. The lowest BCUT2D eigenvalue weighted by atomic mass is 10.0. The van der Waals surface area contributed by atoms with Crippen molar-refractivity contribution < 1.29 is 10.2 Å². The molecule has 0 saturated heterocycles. The van der Waals surface area contributed by atoms with E-state index >= 15 is 0 Å². The largest absolute Gasteiger partial charge is 0.494 e. The number of hydrogen-bond donors (Lipinski definition) is 3. The smallest absolute Gasteiger partial charge is 0.215 e. The van der Waals surface area contributed by atoms with E-state index in [1.165, 1.54) is 6.07 Å². The van der Waals surface area contributed by atoms with Crippen molar-refractivity contribution in [3.8, 4) is 11.8 Å². The number of nitrogens with one attached hydrogen (secondary N) is 1. The van der Waals surface area contributed by atoms with Gasteiger partial charge in [-0.3, -0.25) is 4.98 Å². The summed E-state index contributed by atoms with van der Waals surface area (Å²) in [6.07, 6.45) is 1.67. The minimum absolute atomic E-state index is 0.0665. The first-order chi connectivity index (χ1) is 10.2. The molecule has 2 aromatic carbocycles. The number of hydrogen-bond acceptors (Lipinski definition) is 4. The van der Waals surface area contributed by atoms with Gasteiger partial charge in [0.15, 0.2) is 5.88 Å². The topological polar surface area (TPSA) is 71.8 Å². The Morgan fingerprint density at radius 3 is 2.52 bits per heavy atom. The molecule has 3 aromatic rings. The number of fused-ring (bicyclic) bond motifs is 2. The molecule has 5 nitrogen and oxygen atoms in total. The van der Waals surface area contributed by atoms with Gasteiger partial charge in [-0.25, -0.2) is 4.99 Å². The molecule has 0 bridgehead atoms. The van der Waals surface area contributed by atoms with Gasteiger partial charge in [0.1, 0.15) is 5.69 Å². The molecule has 0 saturated carbocycles. The summed E-state index contributed by atoms with van der Waals surface area (Å²) in [4.78, 5) is 8.71. The van der Waals surface area contributed by atoms with E-state index in [9.17, 15) is 10.2 Å². The van der Waals surface area contributed by atoms with Gasteiger partial charge in [-0.15, -0.1) is 0 Å². The van der Waals surface area contributed by atoms with Gasteiger partial charge in [0, 0.05) is 6.07 Å². The van der Waals surface area contributed by atoms with E-state index in [0.29, 0.717) is 12.2 Å². The monoisotopic (exact) mass is 279 g/mol. The highest BCUT2D eigenvalue weighted by atomic mass is 16.3. The fourth-order valence-corrected chi connectivity index (χ4v) is 2.66. The molecular formula is C16H13N3O2. The predicted molar refractivity (Wildman–Crippen MR) is 82.4 cm³/mol. The first kappa shape index (κ1) is 11.8. The van der Waals surface area contributed by atoms with Gasteiger partial charge in [-0.2, -0.15) is 0 Å². The van der Waals surface area contributed by atoms with E-state index in [0.717, 1.165) is 22.0 Å². The van der Waals surface area contributed by atoms with E-state index < -0.39 is 0 Å². The minimum atomic E-state index is -0.0693. The Hall–Kier alpha value is -2.95. The Labute approximate surface area is 120 Å². The van der Waals surface area contributed by atoms with E-state index in [2.05, 4.69) is 34.2 Å². The van der Waals surface area contributed by atoms with Gasteiger partial charge < -0.3 is 15.1 Å². The number of aromatic hydroxyl groups is 2. The average molecular weight is 279 g/mol. The third-order valence-corrected chi connectivity index (χ3v) is 3.70. The van der Waals surface area contributed by atoms with E-state index in [1.54, 1.807) is 11.2 Å². The van der Waals surface area contributed by atoms with Crippen molar-refractivity contribution in [2.24, 2.45) is 4.99 Å². The average Bonchev–Trinajstić information content (AvgIpc) is 2.83. The molecule has 21 heavy (non-hydrogen) atoms. The number of aliphatic imine (C=N–C) groups is 1. The molecule has 0 spiro atoms. The standard InChI is InChI=1S/C16H13N3O2/c20-15-7-14(16(21)18-15)19-8-12-5-10-3-1-2-4-11(10)6-13(12)17-9-19/h1-7,9,18,20-21H,8H2. The molecule has 1 aliphatic rings. The molecule has 3 N–H and O–H groups in total. The fraction of sp³-hybridized carbons (Fsp3) is 0.0625. The normalized spacial score (nSPS) is 13.6. The van der Waals surface area contributed by atoms with Gasteiger partial charge in [-0.1, -0.05) is 24.3 Å². The van der Waals surface area contributed by atoms with Crippen LogP contribution in [0.15, 0.2) is 47.5 Å². The summed E-state index contributed by atoms with van der Waals surface area (Å²) in [5, 5.41) is 21.5. The number of aromatic nitrogens is 1. The Morgan fingerprint density at radius 2 is 1.81 bits per heavy atom. The van der Waals surface area contributed by atoms with Gasteiger partial charge in [-0.05, 0) is 28.5 Å². The molecule has 0 amide bonds. The number of rotatable bonds is 1. The van der Waals surface area contributed by atoms with Gasteiger partial charge >= 0.3 is 0 Å². The third-order valence-electron chi connectivity index (χ3n) is 3.70. The zero-order valence-electron chi connectivity index (χ0n) is 11.1. The first-order valence-electron chi connectivity index (χ1n) is 6.64. The van der Waals surface area contributed by atoms with Crippen LogP contribution in [0, 0.1) is 0 Å². The van der Waals surface area contributed by atoms with Crippen molar-refractivity contribution in [2.75, 3.05) is 4.90 Å². The lowest BCUT2D eigenvalue weighted by Gasteiger charge is -2.23. The van der Waals surface area contributed by atoms with Gasteiger partial charge in [0.2, 0.25) is 5.88 Å². The Morgan fingerprint density at radius 1 is 1.05 bits per heavy atom. The van der Waals surface area contributed by atoms with Crippen LogP contribution in [0.2, 0.25) is 0 Å². The zero-order valence-corrected chi connectivity index (χ0v) is 11.1. The Bertz CT molecular complexity index is 867. The van der Waals surface area contributed by atoms with Crippen molar-refractivity contribution in [1.29, 1.82) is 0 Å². The molecule has 5 heteroatoms. The second-order valence-corrected chi connectivity index (χ2v) is 5.09. The highest BCUT2D eigenvalue weighted by Gasteiger charge is 2.18. The minimum Gasteiger partial charge on any atom is -0.494 e. The maximum atomic E-state index is 9.78. The van der Waals surface area contributed by atoms with E-state index in [1.807, 2.05) is 12.1 Å². The molecular weight excluding hydrogens is 266 g/mol. The van der Waals surface area contributed by atoms with Crippen molar-refractivity contribution in [2.45, 2.75) is 6.54 Å². The SMILES string of the molecule is Oc1cc(N2C=Nc3cc4ccccc4cc3C2)c(O)[nH]1. The summed E-state index contributed by atoms with van der Waals surface area (Å²) in [5.74, 6) is -0.136. The molecule has 1 aromatic heterocycles. The quantitative estimate of drug-likeness (QED) is 0.640. The van der Waals surface area contributed by atoms with Crippen LogP contribution in [0.25, 0.3) is 10.8 Å². The molecule has 0 fully saturated rings. The van der Waals surface area contributed by atoms with Crippen molar-refractivity contribution in [3.63, 3.8) is 0 Å². The molecule has 4 rings (SSSR count). The van der Waals surface area contributed by atoms with Crippen LogP contribution in [-0.4, -0.2) is 21.5 Å². The summed E-state index contributed by atoms with van der Waals surface area (Å²) in [7, 11) is 0. The molecule has 104 valence electrons. The van der Waals surface area contributed by atoms with Crippen LogP contribution in [-0.2, 0) is 6.54 Å². The van der Waals surface area contributed by atoms with Crippen molar-refractivity contribution >= 4 is 28.5 Å².